The molecule has 3 aromatic carbocycles. The molecule has 0 unspecified atom stereocenters. The van der Waals surface area contributed by atoms with E-state index in [2.05, 4.69) is 5.32 Å². The lowest BCUT2D eigenvalue weighted by atomic mass is 10.1. The van der Waals surface area contributed by atoms with Crippen LogP contribution in [0.1, 0.15) is 42.5 Å². The van der Waals surface area contributed by atoms with Crippen LogP contribution >= 0.6 is 0 Å². The monoisotopic (exact) mass is 535 g/mol. The molecule has 7 nitrogen and oxygen atoms in total. The minimum absolute atomic E-state index is 0.0896. The van der Waals surface area contributed by atoms with E-state index in [-0.39, 0.29) is 17.3 Å². The second-order valence-corrected chi connectivity index (χ2v) is 11.5. The third-order valence-corrected chi connectivity index (χ3v) is 8.16. The van der Waals surface area contributed by atoms with Crippen molar-refractivity contribution in [1.82, 2.24) is 10.2 Å². The van der Waals surface area contributed by atoms with Gasteiger partial charge in [0.15, 0.2) is 0 Å². The lowest BCUT2D eigenvalue weighted by Crippen LogP contribution is -2.51. The van der Waals surface area contributed by atoms with Gasteiger partial charge in [-0.2, -0.15) is 0 Å². The Morgan fingerprint density at radius 3 is 2.21 bits per heavy atom. The molecule has 3 aromatic rings. The van der Waals surface area contributed by atoms with Crippen molar-refractivity contribution < 1.29 is 18.0 Å². The van der Waals surface area contributed by atoms with Gasteiger partial charge in [0.05, 0.1) is 10.6 Å². The molecular weight excluding hydrogens is 498 g/mol. The lowest BCUT2D eigenvalue weighted by Gasteiger charge is -2.32. The molecule has 0 aromatic heterocycles. The average molecular weight is 536 g/mol. The van der Waals surface area contributed by atoms with Gasteiger partial charge in [-0.15, -0.1) is 0 Å². The summed E-state index contributed by atoms with van der Waals surface area (Å²) in [5.74, 6) is -0.748. The number of carbonyl (C=O) groups is 2. The molecule has 0 aliphatic rings. The fraction of sp³-hybridized carbons (Fsp3) is 0.333. The zero-order chi connectivity index (χ0) is 27.9. The largest absolute Gasteiger partial charge is 0.354 e. The molecule has 1 atom stereocenters. The van der Waals surface area contributed by atoms with Gasteiger partial charge in [0.1, 0.15) is 12.6 Å². The van der Waals surface area contributed by atoms with E-state index in [4.69, 9.17) is 0 Å². The van der Waals surface area contributed by atoms with Crippen molar-refractivity contribution in [1.29, 1.82) is 0 Å². The number of nitrogens with one attached hydrogen (secondary N) is 1. The Kier molecular flexibility index (Phi) is 9.69. The Labute approximate surface area is 226 Å². The van der Waals surface area contributed by atoms with Crippen LogP contribution in [0.15, 0.2) is 77.7 Å². The standard InChI is InChI=1S/C30H37N3O4S/c1-6-17-31-30(35)25(5)32(20-26-12-10-11-22(2)19-26)29(34)21-33(28-16-15-23(3)18-24(28)4)38(36,37)27-13-8-7-9-14-27/h7-16,18-19,25H,6,17,20-21H2,1-5H3,(H,31,35)/t25-/m0/s1. The molecule has 3 rings (SSSR count). The number of amides is 2. The quantitative estimate of drug-likeness (QED) is 0.384. The minimum Gasteiger partial charge on any atom is -0.354 e. The van der Waals surface area contributed by atoms with Crippen molar-refractivity contribution in [3.05, 3.63) is 95.1 Å². The first-order chi connectivity index (χ1) is 18.0. The molecule has 0 bridgehead atoms. The van der Waals surface area contributed by atoms with Crippen molar-refractivity contribution in [3.63, 3.8) is 0 Å². The van der Waals surface area contributed by atoms with Crippen LogP contribution in [0, 0.1) is 20.8 Å². The number of anilines is 1. The molecule has 0 saturated carbocycles. The summed E-state index contributed by atoms with van der Waals surface area (Å²) in [5.41, 5.74) is 4.03. The zero-order valence-electron chi connectivity index (χ0n) is 22.8. The van der Waals surface area contributed by atoms with Crippen LogP contribution in [0.4, 0.5) is 5.69 Å². The van der Waals surface area contributed by atoms with E-state index < -0.39 is 28.5 Å². The fourth-order valence-corrected chi connectivity index (χ4v) is 5.80. The Morgan fingerprint density at radius 2 is 1.58 bits per heavy atom. The van der Waals surface area contributed by atoms with Crippen LogP contribution in [0.5, 0.6) is 0 Å². The summed E-state index contributed by atoms with van der Waals surface area (Å²) in [6.07, 6.45) is 0.764. The van der Waals surface area contributed by atoms with Gasteiger partial charge in [-0.25, -0.2) is 8.42 Å². The molecule has 38 heavy (non-hydrogen) atoms. The maximum Gasteiger partial charge on any atom is 0.264 e. The van der Waals surface area contributed by atoms with Crippen LogP contribution in [-0.2, 0) is 26.2 Å². The average Bonchev–Trinajstić information content (AvgIpc) is 2.89. The topological polar surface area (TPSA) is 86.8 Å². The number of aryl methyl sites for hydroxylation is 3. The van der Waals surface area contributed by atoms with Gasteiger partial charge in [0.25, 0.3) is 10.0 Å². The summed E-state index contributed by atoms with van der Waals surface area (Å²) in [6, 6.07) is 20.4. The first kappa shape index (κ1) is 28.9. The van der Waals surface area contributed by atoms with Crippen molar-refractivity contribution in [2.24, 2.45) is 0 Å². The van der Waals surface area contributed by atoms with Crippen molar-refractivity contribution in [2.45, 2.75) is 58.5 Å². The molecule has 0 spiro atoms. The van der Waals surface area contributed by atoms with Gasteiger partial charge < -0.3 is 10.2 Å². The van der Waals surface area contributed by atoms with E-state index in [1.165, 1.54) is 17.0 Å². The maximum atomic E-state index is 13.9. The van der Waals surface area contributed by atoms with Crippen LogP contribution < -0.4 is 9.62 Å². The SMILES string of the molecule is CCCNC(=O)[C@H](C)N(Cc1cccc(C)c1)C(=O)CN(c1ccc(C)cc1C)S(=O)(=O)c1ccccc1. The highest BCUT2D eigenvalue weighted by molar-refractivity contribution is 7.92. The highest BCUT2D eigenvalue weighted by Gasteiger charge is 2.33. The van der Waals surface area contributed by atoms with E-state index in [1.807, 2.05) is 64.1 Å². The number of hydrogen-bond acceptors (Lipinski definition) is 4. The summed E-state index contributed by atoms with van der Waals surface area (Å²) in [7, 11) is -4.07. The molecule has 0 fully saturated rings. The van der Waals surface area contributed by atoms with E-state index in [1.54, 1.807) is 31.2 Å². The molecule has 0 radical (unpaired) electrons. The van der Waals surface area contributed by atoms with Gasteiger partial charge in [0.2, 0.25) is 11.8 Å². The number of nitrogens with zero attached hydrogens (tertiary/aromatic N) is 2. The summed E-state index contributed by atoms with van der Waals surface area (Å²) in [6.45, 7) is 9.56. The van der Waals surface area contributed by atoms with Crippen molar-refractivity contribution in [2.75, 3.05) is 17.4 Å². The molecule has 0 heterocycles. The Bertz CT molecular complexity index is 1370. The van der Waals surface area contributed by atoms with E-state index in [9.17, 15) is 18.0 Å². The summed E-state index contributed by atoms with van der Waals surface area (Å²) >= 11 is 0. The zero-order valence-corrected chi connectivity index (χ0v) is 23.6. The number of sulfonamides is 1. The predicted octanol–water partition coefficient (Wildman–Crippen LogP) is 4.75. The fourth-order valence-electron chi connectivity index (χ4n) is 4.30. The Hall–Kier alpha value is -3.65. The highest BCUT2D eigenvalue weighted by atomic mass is 32.2. The van der Waals surface area contributed by atoms with E-state index in [0.717, 1.165) is 33.0 Å². The molecule has 1 N–H and O–H groups in total. The predicted molar refractivity (Wildman–Crippen MR) is 151 cm³/mol. The van der Waals surface area contributed by atoms with Gasteiger partial charge in [0, 0.05) is 13.1 Å². The number of rotatable bonds is 11. The van der Waals surface area contributed by atoms with Crippen LogP contribution in [-0.4, -0.2) is 44.3 Å². The van der Waals surface area contributed by atoms with Gasteiger partial charge in [-0.1, -0.05) is 72.6 Å². The van der Waals surface area contributed by atoms with E-state index in [0.29, 0.717) is 12.2 Å². The summed E-state index contributed by atoms with van der Waals surface area (Å²) in [5, 5.41) is 2.86. The van der Waals surface area contributed by atoms with Gasteiger partial charge >= 0.3 is 0 Å². The molecule has 0 saturated heterocycles. The second-order valence-electron chi connectivity index (χ2n) is 9.59. The molecule has 0 aliphatic carbocycles. The van der Waals surface area contributed by atoms with Gasteiger partial charge in [-0.3, -0.25) is 13.9 Å². The molecular formula is C30H37N3O4S. The molecule has 0 aliphatic heterocycles. The minimum atomic E-state index is -4.07. The number of benzene rings is 3. The van der Waals surface area contributed by atoms with Gasteiger partial charge in [-0.05, 0) is 63.4 Å². The number of hydrogen-bond donors (Lipinski definition) is 1. The lowest BCUT2D eigenvalue weighted by molar-refractivity contribution is -0.139. The molecule has 202 valence electrons. The first-order valence-corrected chi connectivity index (χ1v) is 14.3. The van der Waals surface area contributed by atoms with Crippen LogP contribution in [0.3, 0.4) is 0 Å². The Morgan fingerprint density at radius 1 is 0.895 bits per heavy atom. The van der Waals surface area contributed by atoms with Crippen LogP contribution in [0.2, 0.25) is 0 Å². The second kappa shape index (κ2) is 12.7. The normalized spacial score (nSPS) is 12.0. The first-order valence-electron chi connectivity index (χ1n) is 12.8. The summed E-state index contributed by atoms with van der Waals surface area (Å²) < 4.78 is 28.9. The smallest absolute Gasteiger partial charge is 0.264 e. The van der Waals surface area contributed by atoms with E-state index >= 15 is 0 Å². The number of carbonyl (C=O) groups excluding carboxylic acids is 2. The maximum absolute atomic E-state index is 13.9. The Balaban J connectivity index is 2.04. The van der Waals surface area contributed by atoms with Crippen molar-refractivity contribution >= 4 is 27.5 Å². The highest BCUT2D eigenvalue weighted by Crippen LogP contribution is 2.28. The third kappa shape index (κ3) is 7.01. The summed E-state index contributed by atoms with van der Waals surface area (Å²) in [4.78, 5) is 28.4. The van der Waals surface area contributed by atoms with Crippen molar-refractivity contribution in [3.8, 4) is 0 Å². The third-order valence-electron chi connectivity index (χ3n) is 6.38. The van der Waals surface area contributed by atoms with Crippen LogP contribution in [0.25, 0.3) is 0 Å². The molecule has 8 heteroatoms. The molecule has 2 amide bonds.